The number of aliphatic hydroxyl groups is 1. The van der Waals surface area contributed by atoms with E-state index in [-0.39, 0.29) is 18.1 Å². The third kappa shape index (κ3) is 6.10. The number of benzene rings is 1. The molecule has 1 saturated carbocycles. The average molecular weight is 320 g/mol. The molecule has 0 heterocycles. The monoisotopic (exact) mass is 320 g/mol. The van der Waals surface area contributed by atoms with Crippen LogP contribution in [-0.2, 0) is 0 Å². The van der Waals surface area contributed by atoms with Gasteiger partial charge in [0.25, 0.3) is 0 Å². The normalized spacial score (nSPS) is 15.4. The van der Waals surface area contributed by atoms with Gasteiger partial charge in [-0.2, -0.15) is 0 Å². The number of carbonyl (C=O) groups excluding carboxylic acids is 1. The van der Waals surface area contributed by atoms with E-state index in [4.69, 9.17) is 9.84 Å². The summed E-state index contributed by atoms with van der Waals surface area (Å²) in [6, 6.07) is 7.27. The van der Waals surface area contributed by atoms with E-state index >= 15 is 0 Å². The number of aliphatic hydroxyl groups excluding tert-OH is 1. The van der Waals surface area contributed by atoms with Crippen molar-refractivity contribution in [2.75, 3.05) is 18.5 Å². The molecule has 128 valence electrons. The Morgan fingerprint density at radius 2 is 2.09 bits per heavy atom. The molecule has 0 atom stereocenters. The Kier molecular flexibility index (Phi) is 6.28. The first-order valence-electron chi connectivity index (χ1n) is 8.41. The maximum atomic E-state index is 12.0. The number of anilines is 1. The third-order valence-corrected chi connectivity index (χ3v) is 4.21. The smallest absolute Gasteiger partial charge is 0.319 e. The maximum Gasteiger partial charge on any atom is 0.319 e. The van der Waals surface area contributed by atoms with Gasteiger partial charge in [-0.25, -0.2) is 4.79 Å². The molecule has 5 heteroatoms. The minimum Gasteiger partial charge on any atom is -0.490 e. The zero-order valence-corrected chi connectivity index (χ0v) is 14.1. The second-order valence-corrected chi connectivity index (χ2v) is 7.00. The van der Waals surface area contributed by atoms with Crippen LogP contribution in [0.5, 0.6) is 5.75 Å². The van der Waals surface area contributed by atoms with E-state index in [1.807, 2.05) is 38.1 Å². The van der Waals surface area contributed by atoms with Gasteiger partial charge in [0.05, 0.1) is 6.10 Å². The number of hydrogen-bond donors (Lipinski definition) is 3. The summed E-state index contributed by atoms with van der Waals surface area (Å²) >= 11 is 0. The second kappa shape index (κ2) is 8.20. The molecule has 0 saturated heterocycles. The molecule has 0 unspecified atom stereocenters. The summed E-state index contributed by atoms with van der Waals surface area (Å²) in [6.45, 7) is 4.66. The van der Waals surface area contributed by atoms with Gasteiger partial charge in [-0.1, -0.05) is 19.9 Å². The van der Waals surface area contributed by atoms with Crippen molar-refractivity contribution in [1.29, 1.82) is 0 Å². The lowest BCUT2D eigenvalue weighted by molar-refractivity contribution is 0.204. The van der Waals surface area contributed by atoms with Crippen LogP contribution in [0.1, 0.15) is 46.0 Å². The Hall–Kier alpha value is -1.75. The van der Waals surface area contributed by atoms with Crippen molar-refractivity contribution >= 4 is 11.7 Å². The average Bonchev–Trinajstić information content (AvgIpc) is 2.99. The van der Waals surface area contributed by atoms with Crippen molar-refractivity contribution < 1.29 is 14.6 Å². The lowest BCUT2D eigenvalue weighted by Crippen LogP contribution is -2.37. The molecule has 1 aromatic carbocycles. The molecule has 1 aliphatic carbocycles. The quantitative estimate of drug-likeness (QED) is 0.719. The largest absolute Gasteiger partial charge is 0.490 e. The molecule has 0 aliphatic heterocycles. The van der Waals surface area contributed by atoms with Crippen LogP contribution in [0.2, 0.25) is 0 Å². The zero-order valence-electron chi connectivity index (χ0n) is 14.1. The van der Waals surface area contributed by atoms with Gasteiger partial charge >= 0.3 is 6.03 Å². The minimum absolute atomic E-state index is 0.122. The molecule has 3 N–H and O–H groups in total. The Morgan fingerprint density at radius 3 is 2.78 bits per heavy atom. The van der Waals surface area contributed by atoms with Gasteiger partial charge in [0, 0.05) is 24.9 Å². The molecular formula is C18H28N2O3. The van der Waals surface area contributed by atoms with E-state index in [1.54, 1.807) is 0 Å². The summed E-state index contributed by atoms with van der Waals surface area (Å²) < 4.78 is 5.94. The van der Waals surface area contributed by atoms with Crippen molar-refractivity contribution in [3.63, 3.8) is 0 Å². The van der Waals surface area contributed by atoms with Crippen LogP contribution in [-0.4, -0.2) is 30.4 Å². The predicted molar refractivity (Wildman–Crippen MR) is 91.8 cm³/mol. The van der Waals surface area contributed by atoms with Crippen LogP contribution in [0.4, 0.5) is 10.5 Å². The highest BCUT2D eigenvalue weighted by atomic mass is 16.5. The lowest BCUT2D eigenvalue weighted by Gasteiger charge is -2.23. The Labute approximate surface area is 138 Å². The highest BCUT2D eigenvalue weighted by molar-refractivity contribution is 5.89. The first-order chi connectivity index (χ1) is 11.0. The van der Waals surface area contributed by atoms with Crippen molar-refractivity contribution in [3.8, 4) is 5.75 Å². The first-order valence-corrected chi connectivity index (χ1v) is 8.41. The number of urea groups is 1. The molecule has 5 nitrogen and oxygen atoms in total. The van der Waals surface area contributed by atoms with Crippen LogP contribution >= 0.6 is 0 Å². The van der Waals surface area contributed by atoms with Gasteiger partial charge in [0.1, 0.15) is 5.75 Å². The lowest BCUT2D eigenvalue weighted by atomic mass is 9.90. The molecular weight excluding hydrogens is 292 g/mol. The van der Waals surface area contributed by atoms with Crippen LogP contribution in [0.15, 0.2) is 24.3 Å². The fourth-order valence-electron chi connectivity index (χ4n) is 2.73. The summed E-state index contributed by atoms with van der Waals surface area (Å²) in [5.74, 6) is 0.801. The molecule has 1 aliphatic rings. The SMILES string of the molecule is CC(C)(CCO)CNC(=O)Nc1cccc(OC2CCCC2)c1. The highest BCUT2D eigenvalue weighted by Gasteiger charge is 2.18. The van der Waals surface area contributed by atoms with E-state index in [0.717, 1.165) is 24.3 Å². The van der Waals surface area contributed by atoms with Gasteiger partial charge in [-0.3, -0.25) is 0 Å². The summed E-state index contributed by atoms with van der Waals surface area (Å²) in [6.07, 6.45) is 5.63. The number of nitrogens with one attached hydrogen (secondary N) is 2. The molecule has 23 heavy (non-hydrogen) atoms. The highest BCUT2D eigenvalue weighted by Crippen LogP contribution is 2.25. The van der Waals surface area contributed by atoms with Crippen LogP contribution < -0.4 is 15.4 Å². The van der Waals surface area contributed by atoms with Crippen molar-refractivity contribution in [2.24, 2.45) is 5.41 Å². The van der Waals surface area contributed by atoms with E-state index in [9.17, 15) is 4.79 Å². The first kappa shape index (κ1) is 17.6. The van der Waals surface area contributed by atoms with Crippen LogP contribution in [0.25, 0.3) is 0 Å². The van der Waals surface area contributed by atoms with Gasteiger partial charge in [0.2, 0.25) is 0 Å². The molecule has 0 radical (unpaired) electrons. The van der Waals surface area contributed by atoms with E-state index in [1.165, 1.54) is 12.8 Å². The Bertz CT molecular complexity index is 511. The molecule has 0 bridgehead atoms. The van der Waals surface area contributed by atoms with Crippen molar-refractivity contribution in [2.45, 2.75) is 52.1 Å². The number of rotatable bonds is 7. The van der Waals surface area contributed by atoms with E-state index < -0.39 is 0 Å². The topological polar surface area (TPSA) is 70.6 Å². The fourth-order valence-corrected chi connectivity index (χ4v) is 2.73. The number of carbonyl (C=O) groups is 1. The van der Waals surface area contributed by atoms with Gasteiger partial charge in [-0.15, -0.1) is 0 Å². The molecule has 1 aromatic rings. The van der Waals surface area contributed by atoms with E-state index in [2.05, 4.69) is 10.6 Å². The second-order valence-electron chi connectivity index (χ2n) is 7.00. The van der Waals surface area contributed by atoms with Gasteiger partial charge in [0.15, 0.2) is 0 Å². The predicted octanol–water partition coefficient (Wildman–Crippen LogP) is 3.54. The molecule has 2 amide bonds. The summed E-state index contributed by atoms with van der Waals surface area (Å²) in [5, 5.41) is 14.7. The van der Waals surface area contributed by atoms with Crippen molar-refractivity contribution in [1.82, 2.24) is 5.32 Å². The van der Waals surface area contributed by atoms with Crippen molar-refractivity contribution in [3.05, 3.63) is 24.3 Å². The molecule has 1 fully saturated rings. The van der Waals surface area contributed by atoms with Gasteiger partial charge < -0.3 is 20.5 Å². The van der Waals surface area contributed by atoms with Crippen LogP contribution in [0.3, 0.4) is 0 Å². The molecule has 2 rings (SSSR count). The maximum absolute atomic E-state index is 12.0. The third-order valence-electron chi connectivity index (χ3n) is 4.21. The minimum atomic E-state index is -0.242. The standard InChI is InChI=1S/C18H28N2O3/c1-18(2,10-11-21)13-19-17(22)20-14-6-5-9-16(12-14)23-15-7-3-4-8-15/h5-6,9,12,15,21H,3-4,7-8,10-11,13H2,1-2H3,(H2,19,20,22). The molecule has 0 spiro atoms. The van der Waals surface area contributed by atoms with Gasteiger partial charge in [-0.05, 0) is 49.7 Å². The molecule has 0 aromatic heterocycles. The van der Waals surface area contributed by atoms with Crippen LogP contribution in [0, 0.1) is 5.41 Å². The number of amides is 2. The number of hydrogen-bond acceptors (Lipinski definition) is 3. The summed E-state index contributed by atoms with van der Waals surface area (Å²) in [5.41, 5.74) is 0.595. The Morgan fingerprint density at radius 1 is 1.35 bits per heavy atom. The Balaban J connectivity index is 1.83. The number of ether oxygens (including phenoxy) is 1. The zero-order chi connectivity index (χ0) is 16.7. The van der Waals surface area contributed by atoms with E-state index in [0.29, 0.717) is 19.1 Å². The summed E-state index contributed by atoms with van der Waals surface area (Å²) in [4.78, 5) is 12.0. The fraction of sp³-hybridized carbons (Fsp3) is 0.611. The summed E-state index contributed by atoms with van der Waals surface area (Å²) in [7, 11) is 0.